The van der Waals surface area contributed by atoms with Gasteiger partial charge in [0, 0.05) is 52.1 Å². The Hall–Kier alpha value is -3.22. The van der Waals surface area contributed by atoms with Gasteiger partial charge < -0.3 is 15.1 Å². The number of hydrogen-bond acceptors (Lipinski definition) is 7. The van der Waals surface area contributed by atoms with Crippen LogP contribution in [0.4, 0.5) is 11.4 Å². The molecule has 1 aliphatic heterocycles. The van der Waals surface area contributed by atoms with Crippen molar-refractivity contribution in [1.82, 2.24) is 25.1 Å². The number of tetrazole rings is 1. The van der Waals surface area contributed by atoms with Gasteiger partial charge in [0.1, 0.15) is 0 Å². The van der Waals surface area contributed by atoms with E-state index in [2.05, 4.69) is 57.6 Å². The highest BCUT2D eigenvalue weighted by Gasteiger charge is 2.22. The summed E-state index contributed by atoms with van der Waals surface area (Å²) in [6, 6.07) is 22.8. The highest BCUT2D eigenvalue weighted by molar-refractivity contribution is 9.10. The molecule has 1 saturated heterocycles. The van der Waals surface area contributed by atoms with E-state index < -0.39 is 0 Å². The number of nitrogens with zero attached hydrogens (tertiary/aromatic N) is 6. The number of nitrogens with one attached hydrogen (secondary N) is 1. The molecule has 0 unspecified atom stereocenters. The van der Waals surface area contributed by atoms with Crippen molar-refractivity contribution in [3.63, 3.8) is 0 Å². The lowest BCUT2D eigenvalue weighted by Gasteiger charge is -2.36. The summed E-state index contributed by atoms with van der Waals surface area (Å²) in [7, 11) is 0. The Balaban J connectivity index is 1.11. The molecule has 4 aromatic rings. The Morgan fingerprint density at radius 1 is 0.816 bits per heavy atom. The Morgan fingerprint density at radius 3 is 2.08 bits per heavy atom. The molecule has 5 rings (SSSR count). The predicted molar refractivity (Wildman–Crippen MR) is 155 cm³/mol. The third kappa shape index (κ3) is 6.43. The van der Waals surface area contributed by atoms with Crippen LogP contribution >= 0.6 is 43.6 Å². The van der Waals surface area contributed by atoms with E-state index in [-0.39, 0.29) is 17.6 Å². The highest BCUT2D eigenvalue weighted by atomic mass is 79.9. The second kappa shape index (κ2) is 12.1. The first-order valence-electron chi connectivity index (χ1n) is 11.8. The van der Waals surface area contributed by atoms with Crippen molar-refractivity contribution in [1.29, 1.82) is 0 Å². The molecule has 1 aliphatic rings. The fraction of sp³-hybridized carbons (Fsp3) is 0.192. The summed E-state index contributed by atoms with van der Waals surface area (Å²) >= 11 is 8.09. The van der Waals surface area contributed by atoms with Crippen molar-refractivity contribution in [2.45, 2.75) is 5.16 Å². The predicted octanol–water partition coefficient (Wildman–Crippen LogP) is 4.88. The van der Waals surface area contributed by atoms with Crippen molar-refractivity contribution < 1.29 is 9.59 Å². The highest BCUT2D eigenvalue weighted by Crippen LogP contribution is 2.23. The lowest BCUT2D eigenvalue weighted by atomic mass is 10.1. The van der Waals surface area contributed by atoms with Gasteiger partial charge in [-0.05, 0) is 83.2 Å². The van der Waals surface area contributed by atoms with E-state index in [0.29, 0.717) is 23.8 Å². The minimum Gasteiger partial charge on any atom is -0.368 e. The van der Waals surface area contributed by atoms with Crippen LogP contribution < -0.4 is 10.2 Å². The summed E-state index contributed by atoms with van der Waals surface area (Å²) in [5, 5.41) is 15.3. The van der Waals surface area contributed by atoms with E-state index in [1.807, 2.05) is 77.7 Å². The molecule has 0 spiro atoms. The third-order valence-electron chi connectivity index (χ3n) is 6.02. The summed E-state index contributed by atoms with van der Waals surface area (Å²) < 4.78 is 3.52. The molecule has 2 heterocycles. The van der Waals surface area contributed by atoms with Gasteiger partial charge in [-0.3, -0.25) is 9.59 Å². The van der Waals surface area contributed by atoms with Gasteiger partial charge in [0.2, 0.25) is 11.1 Å². The van der Waals surface area contributed by atoms with Crippen LogP contribution in [-0.2, 0) is 4.79 Å². The summed E-state index contributed by atoms with van der Waals surface area (Å²) in [6.07, 6.45) is 0. The molecule has 38 heavy (non-hydrogen) atoms. The van der Waals surface area contributed by atoms with Gasteiger partial charge in [-0.25, -0.2) is 0 Å². The lowest BCUT2D eigenvalue weighted by Crippen LogP contribution is -2.48. The van der Waals surface area contributed by atoms with E-state index in [1.54, 1.807) is 4.68 Å². The van der Waals surface area contributed by atoms with Crippen LogP contribution in [0.1, 0.15) is 10.4 Å². The zero-order valence-electron chi connectivity index (χ0n) is 20.1. The molecule has 194 valence electrons. The molecule has 12 heteroatoms. The number of rotatable bonds is 7. The Labute approximate surface area is 240 Å². The van der Waals surface area contributed by atoms with Crippen molar-refractivity contribution in [2.24, 2.45) is 0 Å². The Kier molecular flexibility index (Phi) is 8.40. The molecule has 0 saturated carbocycles. The van der Waals surface area contributed by atoms with Gasteiger partial charge in [-0.1, -0.05) is 43.6 Å². The number of hydrogen-bond donors (Lipinski definition) is 1. The molecular formula is C26H23Br2N7O2S. The molecule has 1 fully saturated rings. The number of thioether (sulfide) groups is 1. The number of piperazine rings is 1. The van der Waals surface area contributed by atoms with Crippen LogP contribution in [-0.4, -0.2) is 68.9 Å². The molecule has 3 aromatic carbocycles. The zero-order chi connectivity index (χ0) is 26.5. The average Bonchev–Trinajstić information content (AvgIpc) is 3.42. The average molecular weight is 657 g/mol. The normalized spacial score (nSPS) is 13.4. The Bertz CT molecular complexity index is 1410. The molecule has 1 N–H and O–H groups in total. The molecule has 0 radical (unpaired) electrons. The summed E-state index contributed by atoms with van der Waals surface area (Å²) in [5.74, 6) is 0.0830. The lowest BCUT2D eigenvalue weighted by molar-refractivity contribution is -0.113. The fourth-order valence-corrected chi connectivity index (χ4v) is 5.26. The third-order valence-corrected chi connectivity index (χ3v) is 8.00. The van der Waals surface area contributed by atoms with Crippen molar-refractivity contribution >= 4 is 66.8 Å². The molecule has 2 amide bonds. The van der Waals surface area contributed by atoms with Crippen molar-refractivity contribution in [2.75, 3.05) is 42.1 Å². The van der Waals surface area contributed by atoms with Gasteiger partial charge in [0.15, 0.2) is 0 Å². The standard InChI is InChI=1S/C26H23Br2N7O2S/c27-19-3-1-18(2-4-19)25(37)34-15-13-33(14-16-34)22-11-7-21(8-12-22)29-24(36)17-38-26-30-31-32-35(26)23-9-5-20(28)6-10-23/h1-12H,13-17H2,(H,29,36). The summed E-state index contributed by atoms with van der Waals surface area (Å²) in [5.41, 5.74) is 3.29. The Morgan fingerprint density at radius 2 is 1.42 bits per heavy atom. The van der Waals surface area contributed by atoms with Gasteiger partial charge in [0.05, 0.1) is 11.4 Å². The molecule has 0 atom stereocenters. The number of benzene rings is 3. The van der Waals surface area contributed by atoms with Gasteiger partial charge in [0.25, 0.3) is 5.91 Å². The number of amides is 2. The number of carbonyl (C=O) groups is 2. The maximum Gasteiger partial charge on any atom is 0.253 e. The number of aromatic nitrogens is 4. The van der Waals surface area contributed by atoms with Crippen LogP contribution in [0.2, 0.25) is 0 Å². The monoisotopic (exact) mass is 655 g/mol. The molecule has 0 aliphatic carbocycles. The summed E-state index contributed by atoms with van der Waals surface area (Å²) in [4.78, 5) is 29.5. The van der Waals surface area contributed by atoms with Crippen LogP contribution in [0.15, 0.2) is 86.9 Å². The first kappa shape index (κ1) is 26.4. The topological polar surface area (TPSA) is 96.2 Å². The van der Waals surface area contributed by atoms with Crippen LogP contribution in [0.25, 0.3) is 5.69 Å². The fourth-order valence-electron chi connectivity index (χ4n) is 4.04. The van der Waals surface area contributed by atoms with Gasteiger partial charge >= 0.3 is 0 Å². The number of carbonyl (C=O) groups excluding carboxylic acids is 2. The SMILES string of the molecule is O=C(CSc1nnnn1-c1ccc(Br)cc1)Nc1ccc(N2CCN(C(=O)c3ccc(Br)cc3)CC2)cc1. The van der Waals surface area contributed by atoms with E-state index >= 15 is 0 Å². The van der Waals surface area contributed by atoms with Crippen LogP contribution in [0, 0.1) is 0 Å². The van der Waals surface area contributed by atoms with Crippen molar-refractivity contribution in [3.05, 3.63) is 87.3 Å². The smallest absolute Gasteiger partial charge is 0.253 e. The molecular weight excluding hydrogens is 634 g/mol. The quantitative estimate of drug-likeness (QED) is 0.283. The second-order valence-corrected chi connectivity index (χ2v) is 11.3. The zero-order valence-corrected chi connectivity index (χ0v) is 24.1. The molecule has 0 bridgehead atoms. The second-order valence-electron chi connectivity index (χ2n) is 8.52. The van der Waals surface area contributed by atoms with Crippen LogP contribution in [0.3, 0.4) is 0 Å². The van der Waals surface area contributed by atoms with Gasteiger partial charge in [-0.2, -0.15) is 4.68 Å². The first-order valence-corrected chi connectivity index (χ1v) is 14.4. The van der Waals surface area contributed by atoms with E-state index in [0.717, 1.165) is 39.1 Å². The number of halogens is 2. The molecule has 9 nitrogen and oxygen atoms in total. The summed E-state index contributed by atoms with van der Waals surface area (Å²) in [6.45, 7) is 2.81. The van der Waals surface area contributed by atoms with E-state index in [1.165, 1.54) is 11.8 Å². The number of anilines is 2. The first-order chi connectivity index (χ1) is 18.5. The molecule has 1 aromatic heterocycles. The minimum absolute atomic E-state index is 0.0546. The minimum atomic E-state index is -0.145. The largest absolute Gasteiger partial charge is 0.368 e. The van der Waals surface area contributed by atoms with E-state index in [4.69, 9.17) is 0 Å². The van der Waals surface area contributed by atoms with Crippen molar-refractivity contribution in [3.8, 4) is 5.69 Å². The van der Waals surface area contributed by atoms with Gasteiger partial charge in [-0.15, -0.1) is 5.10 Å². The maximum atomic E-state index is 12.8. The van der Waals surface area contributed by atoms with Crippen LogP contribution in [0.5, 0.6) is 0 Å². The van der Waals surface area contributed by atoms with E-state index in [9.17, 15) is 9.59 Å². The maximum absolute atomic E-state index is 12.8.